The fourth-order valence-corrected chi connectivity index (χ4v) is 5.36. The Morgan fingerprint density at radius 3 is 2.68 bits per heavy atom. The van der Waals surface area contributed by atoms with Crippen molar-refractivity contribution >= 4 is 33.0 Å². The number of carbonyl (C=O) groups excluding carboxylic acids is 1. The van der Waals surface area contributed by atoms with E-state index in [9.17, 15) is 13.2 Å². The number of benzene rings is 1. The fourth-order valence-electron chi connectivity index (χ4n) is 3.14. The van der Waals surface area contributed by atoms with Gasteiger partial charge in [0.2, 0.25) is 5.82 Å². The lowest BCUT2D eigenvalue weighted by atomic mass is 10.3. The molecule has 1 N–H and O–H groups in total. The van der Waals surface area contributed by atoms with Crippen LogP contribution < -0.4 is 14.2 Å². The molecule has 0 aliphatic carbocycles. The van der Waals surface area contributed by atoms with E-state index in [1.54, 1.807) is 28.5 Å². The number of anilines is 1. The molecule has 1 amide bonds. The summed E-state index contributed by atoms with van der Waals surface area (Å²) >= 11 is 1.00. The van der Waals surface area contributed by atoms with Crippen molar-refractivity contribution in [1.29, 1.82) is 0 Å². The summed E-state index contributed by atoms with van der Waals surface area (Å²) in [6, 6.07) is 6.19. The fraction of sp³-hybridized carbons (Fsp3) is 0.316. The van der Waals surface area contributed by atoms with Gasteiger partial charge in [-0.2, -0.15) is 4.98 Å². The number of amides is 1. The predicted molar refractivity (Wildman–Crippen MR) is 113 cm³/mol. The van der Waals surface area contributed by atoms with E-state index in [4.69, 9.17) is 14.0 Å². The van der Waals surface area contributed by atoms with Crippen LogP contribution in [0.4, 0.5) is 5.69 Å². The molecule has 1 saturated heterocycles. The second kappa shape index (κ2) is 8.55. The van der Waals surface area contributed by atoms with Gasteiger partial charge in [0.15, 0.2) is 0 Å². The zero-order valence-corrected chi connectivity index (χ0v) is 18.5. The number of methoxy groups -OCH3 is 2. The summed E-state index contributed by atoms with van der Waals surface area (Å²) in [4.78, 5) is 18.2. The third-order valence-electron chi connectivity index (χ3n) is 4.75. The lowest BCUT2D eigenvalue weighted by Gasteiger charge is -2.12. The van der Waals surface area contributed by atoms with Crippen molar-refractivity contribution in [3.8, 4) is 22.9 Å². The van der Waals surface area contributed by atoms with E-state index in [2.05, 4.69) is 14.9 Å². The van der Waals surface area contributed by atoms with Crippen LogP contribution in [0.25, 0.3) is 11.4 Å². The smallest absolute Gasteiger partial charge is 0.316 e. The molecule has 3 heterocycles. The number of nitrogens with one attached hydrogen (secondary N) is 1. The zero-order valence-electron chi connectivity index (χ0n) is 16.8. The van der Waals surface area contributed by atoms with Crippen LogP contribution in [-0.2, 0) is 10.0 Å². The Kier molecular flexibility index (Phi) is 5.83. The van der Waals surface area contributed by atoms with Crippen LogP contribution in [0.3, 0.4) is 0 Å². The Balaban J connectivity index is 1.54. The van der Waals surface area contributed by atoms with Crippen molar-refractivity contribution in [2.75, 3.05) is 32.0 Å². The number of likely N-dealkylation sites (tertiary alicyclic amines) is 1. The topological polar surface area (TPSA) is 124 Å². The highest BCUT2D eigenvalue weighted by Crippen LogP contribution is 2.33. The molecule has 0 saturated carbocycles. The second-order valence-corrected chi connectivity index (χ2v) is 9.57. The summed E-state index contributed by atoms with van der Waals surface area (Å²) in [5, 5.41) is 5.42. The number of nitrogens with zero attached hydrogens (tertiary/aromatic N) is 3. The van der Waals surface area contributed by atoms with Crippen LogP contribution in [0.15, 0.2) is 38.4 Å². The number of carbonyl (C=O) groups is 1. The normalized spacial score (nSPS) is 13.9. The Morgan fingerprint density at radius 1 is 1.19 bits per heavy atom. The first kappa shape index (κ1) is 21.1. The molecule has 0 spiro atoms. The lowest BCUT2D eigenvalue weighted by molar-refractivity contribution is 0.0743. The van der Waals surface area contributed by atoms with Crippen molar-refractivity contribution in [1.82, 2.24) is 15.0 Å². The summed E-state index contributed by atoms with van der Waals surface area (Å²) in [7, 11) is -0.944. The number of hydrogen-bond donors (Lipinski definition) is 1. The predicted octanol–water partition coefficient (Wildman–Crippen LogP) is 2.85. The third-order valence-corrected chi connectivity index (χ3v) is 7.56. The molecule has 0 unspecified atom stereocenters. The number of rotatable bonds is 7. The summed E-state index contributed by atoms with van der Waals surface area (Å²) in [6.07, 6.45) is 1.90. The van der Waals surface area contributed by atoms with Gasteiger partial charge in [0, 0.05) is 30.1 Å². The Hall–Kier alpha value is -3.12. The van der Waals surface area contributed by atoms with Crippen molar-refractivity contribution in [2.24, 2.45) is 0 Å². The van der Waals surface area contributed by atoms with Gasteiger partial charge in [0.25, 0.3) is 10.0 Å². The minimum atomic E-state index is -3.89. The first-order valence-electron chi connectivity index (χ1n) is 9.38. The van der Waals surface area contributed by atoms with Crippen LogP contribution in [0.5, 0.6) is 11.5 Å². The van der Waals surface area contributed by atoms with E-state index >= 15 is 0 Å². The summed E-state index contributed by atoms with van der Waals surface area (Å²) < 4.78 is 43.7. The van der Waals surface area contributed by atoms with Gasteiger partial charge in [-0.15, -0.1) is 11.3 Å². The molecular weight excluding hydrogens is 444 g/mol. The second-order valence-electron chi connectivity index (χ2n) is 6.75. The van der Waals surface area contributed by atoms with Crippen LogP contribution in [0, 0.1) is 0 Å². The molecule has 0 bridgehead atoms. The summed E-state index contributed by atoms with van der Waals surface area (Å²) in [6.45, 7) is 1.33. The molecule has 1 aromatic carbocycles. The molecule has 10 nitrogen and oxygen atoms in total. The molecule has 2 aromatic heterocycles. The van der Waals surface area contributed by atoms with Crippen LogP contribution in [-0.4, -0.2) is 56.7 Å². The molecule has 1 aliphatic heterocycles. The number of thiophene rings is 1. The van der Waals surface area contributed by atoms with Gasteiger partial charge in [-0.05, 0) is 31.0 Å². The SMILES string of the molecule is COc1ccc(NS(=O)(=O)c2cc(-c3noc(C(=O)N4CCCC4)n3)cs2)c(OC)c1. The van der Waals surface area contributed by atoms with Gasteiger partial charge >= 0.3 is 11.8 Å². The molecule has 0 atom stereocenters. The zero-order chi connectivity index (χ0) is 22.0. The van der Waals surface area contributed by atoms with E-state index in [0.29, 0.717) is 30.2 Å². The minimum Gasteiger partial charge on any atom is -0.497 e. The molecule has 1 fully saturated rings. The highest BCUT2D eigenvalue weighted by atomic mass is 32.2. The average Bonchev–Trinajstić information content (AvgIpc) is 3.54. The highest BCUT2D eigenvalue weighted by Gasteiger charge is 2.26. The van der Waals surface area contributed by atoms with E-state index in [1.807, 2.05) is 0 Å². The summed E-state index contributed by atoms with van der Waals surface area (Å²) in [5.74, 6) is 0.598. The van der Waals surface area contributed by atoms with Crippen molar-refractivity contribution in [3.63, 3.8) is 0 Å². The van der Waals surface area contributed by atoms with Crippen LogP contribution in [0.1, 0.15) is 23.5 Å². The number of hydrogen-bond acceptors (Lipinski definition) is 9. The Morgan fingerprint density at radius 2 is 1.97 bits per heavy atom. The first-order valence-corrected chi connectivity index (χ1v) is 11.7. The van der Waals surface area contributed by atoms with E-state index in [0.717, 1.165) is 24.2 Å². The number of ether oxygens (including phenoxy) is 2. The van der Waals surface area contributed by atoms with Gasteiger partial charge in [0.1, 0.15) is 15.7 Å². The minimum absolute atomic E-state index is 0.0533. The van der Waals surface area contributed by atoms with Gasteiger partial charge in [-0.25, -0.2) is 8.42 Å². The van der Waals surface area contributed by atoms with Crippen LogP contribution in [0.2, 0.25) is 0 Å². The maximum Gasteiger partial charge on any atom is 0.316 e. The largest absolute Gasteiger partial charge is 0.497 e. The van der Waals surface area contributed by atoms with Crippen molar-refractivity contribution < 1.29 is 27.2 Å². The quantitative estimate of drug-likeness (QED) is 0.566. The Labute approximate surface area is 182 Å². The number of aromatic nitrogens is 2. The van der Waals surface area contributed by atoms with Gasteiger partial charge < -0.3 is 18.9 Å². The van der Waals surface area contributed by atoms with Gasteiger partial charge in [0.05, 0.1) is 19.9 Å². The van der Waals surface area contributed by atoms with Crippen LogP contribution >= 0.6 is 11.3 Å². The van der Waals surface area contributed by atoms with E-state index in [1.165, 1.54) is 20.3 Å². The van der Waals surface area contributed by atoms with Gasteiger partial charge in [-0.1, -0.05) is 5.16 Å². The van der Waals surface area contributed by atoms with E-state index < -0.39 is 10.0 Å². The molecule has 4 rings (SSSR count). The molecule has 1 aliphatic rings. The standard InChI is InChI=1S/C19H20N4O6S2/c1-27-13-5-6-14(15(10-13)28-2)22-31(25,26)16-9-12(11-30-16)17-20-18(29-21-17)19(24)23-7-3-4-8-23/h5-6,9-11,22H,3-4,7-8H2,1-2H3. The first-order chi connectivity index (χ1) is 14.9. The lowest BCUT2D eigenvalue weighted by Crippen LogP contribution is -2.27. The molecule has 12 heteroatoms. The van der Waals surface area contributed by atoms with Crippen molar-refractivity contribution in [2.45, 2.75) is 17.1 Å². The molecule has 31 heavy (non-hydrogen) atoms. The third kappa shape index (κ3) is 4.35. The molecule has 164 valence electrons. The molecular formula is C19H20N4O6S2. The van der Waals surface area contributed by atoms with E-state index in [-0.39, 0.29) is 27.5 Å². The van der Waals surface area contributed by atoms with Crippen molar-refractivity contribution in [3.05, 3.63) is 35.5 Å². The average molecular weight is 465 g/mol. The Bertz CT molecular complexity index is 1200. The number of sulfonamides is 1. The molecule has 3 aromatic rings. The monoisotopic (exact) mass is 464 g/mol. The highest BCUT2D eigenvalue weighted by molar-refractivity contribution is 7.94. The maximum absolute atomic E-state index is 12.8. The summed E-state index contributed by atoms with van der Waals surface area (Å²) in [5.41, 5.74) is 0.715. The van der Waals surface area contributed by atoms with Gasteiger partial charge in [-0.3, -0.25) is 9.52 Å². The molecule has 0 radical (unpaired) electrons. The maximum atomic E-state index is 12.8.